The number of ether oxygens (including phenoxy) is 3. The standard InChI is InChI=1S/C27H28N2O4/c1-3-32-23-14-12-22(13-15-23)27(21-8-5-4-6-9-21)29-26(30)10-7-17-33-24-16-11-20(19-28)18-25(24)31-2/h4-6,8-9,11-16,18,27H,3,7,10,17H2,1-2H3,(H,29,30). The van der Waals surface area contributed by atoms with Crippen LogP contribution >= 0.6 is 0 Å². The largest absolute Gasteiger partial charge is 0.494 e. The van der Waals surface area contributed by atoms with Crippen LogP contribution in [0.3, 0.4) is 0 Å². The SMILES string of the molecule is CCOc1ccc(C(NC(=O)CCCOc2ccc(C#N)cc2OC)c2ccccc2)cc1. The first-order chi connectivity index (χ1) is 16.1. The molecule has 0 aliphatic rings. The highest BCUT2D eigenvalue weighted by molar-refractivity contribution is 5.77. The van der Waals surface area contributed by atoms with Crippen LogP contribution in [0, 0.1) is 11.3 Å². The molecular weight excluding hydrogens is 416 g/mol. The third-order valence-corrected chi connectivity index (χ3v) is 5.06. The van der Waals surface area contributed by atoms with Gasteiger partial charge in [0.25, 0.3) is 0 Å². The van der Waals surface area contributed by atoms with Crippen LogP contribution in [0.4, 0.5) is 0 Å². The van der Waals surface area contributed by atoms with E-state index in [9.17, 15) is 4.79 Å². The number of nitrogens with zero attached hydrogens (tertiary/aromatic N) is 1. The zero-order valence-corrected chi connectivity index (χ0v) is 18.9. The molecule has 0 aliphatic carbocycles. The first-order valence-electron chi connectivity index (χ1n) is 10.9. The van der Waals surface area contributed by atoms with Gasteiger partial charge in [0.2, 0.25) is 5.91 Å². The summed E-state index contributed by atoms with van der Waals surface area (Å²) < 4.78 is 16.6. The van der Waals surface area contributed by atoms with Gasteiger partial charge in [-0.1, -0.05) is 42.5 Å². The van der Waals surface area contributed by atoms with Gasteiger partial charge in [-0.15, -0.1) is 0 Å². The van der Waals surface area contributed by atoms with Crippen molar-refractivity contribution in [2.45, 2.75) is 25.8 Å². The Bertz CT molecular complexity index is 1080. The summed E-state index contributed by atoms with van der Waals surface area (Å²) >= 11 is 0. The molecule has 33 heavy (non-hydrogen) atoms. The number of hydrogen-bond donors (Lipinski definition) is 1. The maximum absolute atomic E-state index is 12.7. The Morgan fingerprint density at radius 3 is 2.36 bits per heavy atom. The number of hydrogen-bond acceptors (Lipinski definition) is 5. The number of methoxy groups -OCH3 is 1. The third kappa shape index (κ3) is 6.75. The maximum Gasteiger partial charge on any atom is 0.220 e. The van der Waals surface area contributed by atoms with E-state index in [4.69, 9.17) is 19.5 Å². The second-order valence-electron chi connectivity index (χ2n) is 7.34. The minimum atomic E-state index is -0.256. The van der Waals surface area contributed by atoms with Crippen molar-refractivity contribution in [2.24, 2.45) is 0 Å². The molecule has 1 N–H and O–H groups in total. The number of carbonyl (C=O) groups is 1. The lowest BCUT2D eigenvalue weighted by Crippen LogP contribution is -2.29. The predicted octanol–water partition coefficient (Wildman–Crippen LogP) is 5.03. The molecule has 6 heteroatoms. The van der Waals surface area contributed by atoms with E-state index < -0.39 is 0 Å². The van der Waals surface area contributed by atoms with E-state index in [1.54, 1.807) is 18.2 Å². The van der Waals surface area contributed by atoms with E-state index in [1.165, 1.54) is 7.11 Å². The highest BCUT2D eigenvalue weighted by Crippen LogP contribution is 2.28. The van der Waals surface area contributed by atoms with Gasteiger partial charge in [0.1, 0.15) is 5.75 Å². The molecule has 0 heterocycles. The van der Waals surface area contributed by atoms with Crippen LogP contribution in [-0.2, 0) is 4.79 Å². The molecule has 6 nitrogen and oxygen atoms in total. The molecule has 0 bridgehead atoms. The van der Waals surface area contributed by atoms with Crippen LogP contribution in [0.5, 0.6) is 17.2 Å². The fourth-order valence-electron chi connectivity index (χ4n) is 3.43. The lowest BCUT2D eigenvalue weighted by molar-refractivity contribution is -0.121. The molecule has 170 valence electrons. The molecule has 3 aromatic rings. The Morgan fingerprint density at radius 1 is 0.970 bits per heavy atom. The van der Waals surface area contributed by atoms with Crippen molar-refractivity contribution in [3.05, 3.63) is 89.5 Å². The molecule has 0 spiro atoms. The molecule has 1 unspecified atom stereocenters. The van der Waals surface area contributed by atoms with Crippen LogP contribution in [-0.4, -0.2) is 26.2 Å². The predicted molar refractivity (Wildman–Crippen MR) is 126 cm³/mol. The first-order valence-corrected chi connectivity index (χ1v) is 10.9. The zero-order valence-electron chi connectivity index (χ0n) is 18.9. The minimum absolute atomic E-state index is 0.0619. The number of rotatable bonds is 11. The van der Waals surface area contributed by atoms with Crippen LogP contribution < -0.4 is 19.5 Å². The fourth-order valence-corrected chi connectivity index (χ4v) is 3.43. The molecule has 3 rings (SSSR count). The van der Waals surface area contributed by atoms with Gasteiger partial charge in [-0.3, -0.25) is 4.79 Å². The highest BCUT2D eigenvalue weighted by atomic mass is 16.5. The Labute approximate surface area is 194 Å². The Hall–Kier alpha value is -3.98. The molecule has 0 fully saturated rings. The van der Waals surface area contributed by atoms with Crippen molar-refractivity contribution in [3.63, 3.8) is 0 Å². The van der Waals surface area contributed by atoms with E-state index in [0.29, 0.717) is 43.1 Å². The smallest absolute Gasteiger partial charge is 0.220 e. The minimum Gasteiger partial charge on any atom is -0.494 e. The van der Waals surface area contributed by atoms with Crippen LogP contribution in [0.25, 0.3) is 0 Å². The quantitative estimate of drug-likeness (QED) is 0.420. The second kappa shape index (κ2) is 12.2. The number of benzene rings is 3. The van der Waals surface area contributed by atoms with Crippen molar-refractivity contribution in [1.82, 2.24) is 5.32 Å². The van der Waals surface area contributed by atoms with Gasteiger partial charge < -0.3 is 19.5 Å². The summed E-state index contributed by atoms with van der Waals surface area (Å²) in [5.74, 6) is 1.79. The second-order valence-corrected chi connectivity index (χ2v) is 7.34. The summed E-state index contributed by atoms with van der Waals surface area (Å²) in [4.78, 5) is 12.7. The monoisotopic (exact) mass is 444 g/mol. The summed E-state index contributed by atoms with van der Waals surface area (Å²) in [6.07, 6.45) is 0.860. The van der Waals surface area contributed by atoms with Crippen molar-refractivity contribution < 1.29 is 19.0 Å². The molecule has 0 radical (unpaired) electrons. The lowest BCUT2D eigenvalue weighted by Gasteiger charge is -2.20. The van der Waals surface area contributed by atoms with Gasteiger partial charge >= 0.3 is 0 Å². The normalized spacial score (nSPS) is 11.2. The van der Waals surface area contributed by atoms with E-state index in [-0.39, 0.29) is 11.9 Å². The molecule has 1 atom stereocenters. The zero-order chi connectivity index (χ0) is 23.5. The van der Waals surface area contributed by atoms with Crippen molar-refractivity contribution in [2.75, 3.05) is 20.3 Å². The van der Waals surface area contributed by atoms with Gasteiger partial charge in [-0.25, -0.2) is 0 Å². The van der Waals surface area contributed by atoms with Gasteiger partial charge in [0.15, 0.2) is 11.5 Å². The highest BCUT2D eigenvalue weighted by Gasteiger charge is 2.17. The Kier molecular flexibility index (Phi) is 8.72. The summed E-state index contributed by atoms with van der Waals surface area (Å²) in [5, 5.41) is 12.1. The van der Waals surface area contributed by atoms with Gasteiger partial charge in [-0.05, 0) is 48.7 Å². The van der Waals surface area contributed by atoms with Crippen molar-refractivity contribution in [3.8, 4) is 23.3 Å². The van der Waals surface area contributed by atoms with E-state index in [0.717, 1.165) is 16.9 Å². The molecule has 0 saturated heterocycles. The average Bonchev–Trinajstić information content (AvgIpc) is 2.86. The Morgan fingerprint density at radius 2 is 1.70 bits per heavy atom. The number of nitriles is 1. The molecule has 0 aromatic heterocycles. The topological polar surface area (TPSA) is 80.6 Å². The first kappa shape index (κ1) is 23.7. The van der Waals surface area contributed by atoms with Crippen molar-refractivity contribution in [1.29, 1.82) is 5.26 Å². The maximum atomic E-state index is 12.7. The van der Waals surface area contributed by atoms with Gasteiger partial charge in [0.05, 0.1) is 38.0 Å². The summed E-state index contributed by atoms with van der Waals surface area (Å²) in [5.41, 5.74) is 2.49. The van der Waals surface area contributed by atoms with Crippen molar-refractivity contribution >= 4 is 5.91 Å². The fraction of sp³-hybridized carbons (Fsp3) is 0.259. The lowest BCUT2D eigenvalue weighted by atomic mass is 9.98. The molecule has 0 aliphatic heterocycles. The Balaban J connectivity index is 1.59. The van der Waals surface area contributed by atoms with E-state index in [2.05, 4.69) is 11.4 Å². The molecule has 1 amide bonds. The average molecular weight is 445 g/mol. The van der Waals surface area contributed by atoms with Gasteiger partial charge in [-0.2, -0.15) is 5.26 Å². The number of amides is 1. The number of carbonyl (C=O) groups excluding carboxylic acids is 1. The third-order valence-electron chi connectivity index (χ3n) is 5.06. The van der Waals surface area contributed by atoms with E-state index >= 15 is 0 Å². The summed E-state index contributed by atoms with van der Waals surface area (Å²) in [6, 6.07) is 24.5. The van der Waals surface area contributed by atoms with E-state index in [1.807, 2.05) is 61.5 Å². The summed E-state index contributed by atoms with van der Waals surface area (Å²) in [6.45, 7) is 2.91. The van der Waals surface area contributed by atoms with Crippen LogP contribution in [0.1, 0.15) is 42.5 Å². The van der Waals surface area contributed by atoms with Crippen LogP contribution in [0.15, 0.2) is 72.8 Å². The molecular formula is C27H28N2O4. The van der Waals surface area contributed by atoms with Crippen LogP contribution in [0.2, 0.25) is 0 Å². The molecule has 3 aromatic carbocycles. The van der Waals surface area contributed by atoms with Gasteiger partial charge in [0, 0.05) is 12.5 Å². The molecule has 0 saturated carbocycles. The summed E-state index contributed by atoms with van der Waals surface area (Å²) in [7, 11) is 1.53. The number of nitrogens with one attached hydrogen (secondary N) is 1.